The maximum atomic E-state index is 6.03. The molecule has 3 heterocycles. The summed E-state index contributed by atoms with van der Waals surface area (Å²) in [6.07, 6.45) is 7.89. The summed E-state index contributed by atoms with van der Waals surface area (Å²) in [5, 5.41) is 1.62. The lowest BCUT2D eigenvalue weighted by Crippen LogP contribution is -2.25. The zero-order valence-electron chi connectivity index (χ0n) is 12.7. The van der Waals surface area contributed by atoms with Gasteiger partial charge >= 0.3 is 0 Å². The molecule has 0 saturated heterocycles. The van der Waals surface area contributed by atoms with Gasteiger partial charge in [0.15, 0.2) is 10.8 Å². The molecule has 3 aromatic rings. The highest BCUT2D eigenvalue weighted by molar-refractivity contribution is 7.22. The smallest absolute Gasteiger partial charge is 0.188 e. The van der Waals surface area contributed by atoms with Crippen LogP contribution in [0.2, 0.25) is 5.02 Å². The van der Waals surface area contributed by atoms with E-state index in [0.29, 0.717) is 5.02 Å². The van der Waals surface area contributed by atoms with Crippen LogP contribution < -0.4 is 4.90 Å². The molecule has 1 fully saturated rings. The summed E-state index contributed by atoms with van der Waals surface area (Å²) >= 11 is 7.66. The van der Waals surface area contributed by atoms with Gasteiger partial charge in [-0.05, 0) is 31.7 Å². The van der Waals surface area contributed by atoms with Crippen molar-refractivity contribution in [3.8, 4) is 0 Å². The molecule has 118 valence electrons. The first-order chi connectivity index (χ1) is 11.2. The van der Waals surface area contributed by atoms with E-state index in [4.69, 9.17) is 11.6 Å². The molecule has 5 nitrogen and oxygen atoms in total. The van der Waals surface area contributed by atoms with Crippen LogP contribution in [0, 0.1) is 12.8 Å². The summed E-state index contributed by atoms with van der Waals surface area (Å²) in [6, 6.07) is 1.92. The molecule has 0 atom stereocenters. The molecule has 0 unspecified atom stereocenters. The van der Waals surface area contributed by atoms with E-state index < -0.39 is 0 Å². The predicted octanol–water partition coefficient (Wildman–Crippen LogP) is 3.86. The van der Waals surface area contributed by atoms with Crippen molar-refractivity contribution >= 4 is 38.4 Å². The van der Waals surface area contributed by atoms with Gasteiger partial charge in [0.25, 0.3) is 0 Å². The summed E-state index contributed by atoms with van der Waals surface area (Å²) in [6.45, 7) is 3.67. The first-order valence-electron chi connectivity index (χ1n) is 7.62. The van der Waals surface area contributed by atoms with Crippen LogP contribution in [0.5, 0.6) is 0 Å². The lowest BCUT2D eigenvalue weighted by Gasteiger charge is -2.21. The van der Waals surface area contributed by atoms with E-state index in [1.165, 1.54) is 12.8 Å². The molecule has 4 rings (SSSR count). The maximum absolute atomic E-state index is 6.03. The summed E-state index contributed by atoms with van der Waals surface area (Å²) in [4.78, 5) is 20.1. The highest BCUT2D eigenvalue weighted by Gasteiger charge is 2.26. The predicted molar refractivity (Wildman–Crippen MR) is 93.0 cm³/mol. The zero-order chi connectivity index (χ0) is 15.8. The van der Waals surface area contributed by atoms with Gasteiger partial charge in [-0.25, -0.2) is 4.98 Å². The second-order valence-corrected chi connectivity index (χ2v) is 7.39. The molecule has 23 heavy (non-hydrogen) atoms. The molecule has 0 N–H and O–H groups in total. The number of halogens is 1. The van der Waals surface area contributed by atoms with Crippen LogP contribution >= 0.6 is 22.9 Å². The Morgan fingerprint density at radius 1 is 1.22 bits per heavy atom. The molecule has 1 aliphatic rings. The lowest BCUT2D eigenvalue weighted by atomic mass is 10.3. The third-order valence-electron chi connectivity index (χ3n) is 3.84. The zero-order valence-corrected chi connectivity index (χ0v) is 14.3. The van der Waals surface area contributed by atoms with Gasteiger partial charge in [0.05, 0.1) is 33.9 Å². The number of thiazole rings is 1. The van der Waals surface area contributed by atoms with E-state index in [0.717, 1.165) is 45.9 Å². The number of anilines is 1. The lowest BCUT2D eigenvalue weighted by molar-refractivity contribution is 0.708. The monoisotopic (exact) mass is 345 g/mol. The Hall–Kier alpha value is -1.79. The van der Waals surface area contributed by atoms with Gasteiger partial charge in [0, 0.05) is 18.9 Å². The third-order valence-corrected chi connectivity index (χ3v) is 5.09. The SMILES string of the molecule is Cc1cnc(CN(CC2CC2)c2nc3ncc(Cl)cc3s2)cn1. The van der Waals surface area contributed by atoms with Gasteiger partial charge < -0.3 is 4.90 Å². The van der Waals surface area contributed by atoms with E-state index in [1.54, 1.807) is 17.5 Å². The van der Waals surface area contributed by atoms with Gasteiger partial charge in [-0.3, -0.25) is 9.97 Å². The molecule has 0 aromatic carbocycles. The highest BCUT2D eigenvalue weighted by atomic mass is 35.5. The Labute approximate surface area is 143 Å². The molecule has 0 bridgehead atoms. The Morgan fingerprint density at radius 3 is 2.83 bits per heavy atom. The maximum Gasteiger partial charge on any atom is 0.188 e. The van der Waals surface area contributed by atoms with Gasteiger partial charge in [-0.1, -0.05) is 22.9 Å². The number of hydrogen-bond acceptors (Lipinski definition) is 6. The van der Waals surface area contributed by atoms with Crippen LogP contribution in [0.25, 0.3) is 10.3 Å². The highest BCUT2D eigenvalue weighted by Crippen LogP contribution is 2.35. The summed E-state index contributed by atoms with van der Waals surface area (Å²) in [5.74, 6) is 0.761. The van der Waals surface area contributed by atoms with Gasteiger partial charge in [-0.15, -0.1) is 0 Å². The van der Waals surface area contributed by atoms with Crippen LogP contribution in [0.15, 0.2) is 24.7 Å². The Morgan fingerprint density at radius 2 is 2.09 bits per heavy atom. The molecule has 0 amide bonds. The number of rotatable bonds is 5. The van der Waals surface area contributed by atoms with Crippen molar-refractivity contribution in [2.24, 2.45) is 5.92 Å². The first kappa shape index (κ1) is 14.8. The fourth-order valence-corrected chi connectivity index (χ4v) is 3.63. The molecule has 0 aliphatic heterocycles. The average Bonchev–Trinajstić information content (AvgIpc) is 3.25. The van der Waals surface area contributed by atoms with E-state index in [1.807, 2.05) is 25.4 Å². The number of hydrogen-bond donors (Lipinski definition) is 0. The average molecular weight is 346 g/mol. The Balaban J connectivity index is 1.64. The van der Waals surface area contributed by atoms with Gasteiger partial charge in [-0.2, -0.15) is 4.98 Å². The van der Waals surface area contributed by atoms with Crippen molar-refractivity contribution in [1.29, 1.82) is 0 Å². The van der Waals surface area contributed by atoms with E-state index in [2.05, 4.69) is 24.8 Å². The number of fused-ring (bicyclic) bond motifs is 1. The molecule has 7 heteroatoms. The fraction of sp³-hybridized carbons (Fsp3) is 0.375. The second kappa shape index (κ2) is 6.02. The second-order valence-electron chi connectivity index (χ2n) is 5.94. The Kier molecular flexibility index (Phi) is 3.87. The third kappa shape index (κ3) is 3.43. The number of nitrogens with zero attached hydrogens (tertiary/aromatic N) is 5. The molecular weight excluding hydrogens is 330 g/mol. The largest absolute Gasteiger partial charge is 0.342 e. The summed E-state index contributed by atoms with van der Waals surface area (Å²) < 4.78 is 1.02. The number of aromatic nitrogens is 4. The minimum atomic E-state index is 0.644. The van der Waals surface area contributed by atoms with Crippen molar-refractivity contribution in [3.05, 3.63) is 41.1 Å². The van der Waals surface area contributed by atoms with Crippen LogP contribution in [0.3, 0.4) is 0 Å². The molecule has 1 aliphatic carbocycles. The van der Waals surface area contributed by atoms with Crippen LogP contribution in [0.1, 0.15) is 24.2 Å². The van der Waals surface area contributed by atoms with E-state index in [-0.39, 0.29) is 0 Å². The fourth-order valence-electron chi connectivity index (χ4n) is 2.44. The van der Waals surface area contributed by atoms with Crippen molar-refractivity contribution < 1.29 is 0 Å². The van der Waals surface area contributed by atoms with Crippen molar-refractivity contribution in [1.82, 2.24) is 19.9 Å². The topological polar surface area (TPSA) is 54.8 Å². The van der Waals surface area contributed by atoms with Crippen LogP contribution in [-0.2, 0) is 6.54 Å². The summed E-state index contributed by atoms with van der Waals surface area (Å²) in [5.41, 5.74) is 2.65. The van der Waals surface area contributed by atoms with Crippen LogP contribution in [-0.4, -0.2) is 26.5 Å². The summed E-state index contributed by atoms with van der Waals surface area (Å²) in [7, 11) is 0. The molecule has 3 aromatic heterocycles. The van der Waals surface area contributed by atoms with E-state index in [9.17, 15) is 0 Å². The van der Waals surface area contributed by atoms with Crippen LogP contribution in [0.4, 0.5) is 5.13 Å². The first-order valence-corrected chi connectivity index (χ1v) is 8.81. The Bertz CT molecular complexity index is 828. The van der Waals surface area contributed by atoms with E-state index >= 15 is 0 Å². The standard InChI is InChI=1S/C16H16ClN5S/c1-10-5-19-13(7-18-10)9-22(8-11-2-3-11)16-21-15-14(23-16)4-12(17)6-20-15/h4-7,11H,2-3,8-9H2,1H3. The van der Waals surface area contributed by atoms with Crippen molar-refractivity contribution in [3.63, 3.8) is 0 Å². The van der Waals surface area contributed by atoms with Crippen molar-refractivity contribution in [2.75, 3.05) is 11.4 Å². The number of pyridine rings is 1. The normalized spacial score (nSPS) is 14.3. The van der Waals surface area contributed by atoms with Crippen molar-refractivity contribution in [2.45, 2.75) is 26.3 Å². The molecule has 0 spiro atoms. The molecule has 0 radical (unpaired) electrons. The minimum absolute atomic E-state index is 0.644. The number of aryl methyl sites for hydroxylation is 1. The van der Waals surface area contributed by atoms with Gasteiger partial charge in [0.2, 0.25) is 0 Å². The quantitative estimate of drug-likeness (QED) is 0.702. The van der Waals surface area contributed by atoms with Gasteiger partial charge in [0.1, 0.15) is 0 Å². The molecule has 1 saturated carbocycles. The minimum Gasteiger partial charge on any atom is -0.342 e. The molecular formula is C16H16ClN5S.